The first-order valence-electron chi connectivity index (χ1n) is 7.28. The number of likely N-dealkylation sites (tertiary alicyclic amines) is 1. The molecule has 6 heteroatoms. The van der Waals surface area contributed by atoms with E-state index in [1.807, 2.05) is 30.3 Å². The van der Waals surface area contributed by atoms with Gasteiger partial charge in [-0.15, -0.1) is 11.3 Å². The lowest BCUT2D eigenvalue weighted by atomic mass is 9.95. The van der Waals surface area contributed by atoms with E-state index < -0.39 is 5.97 Å². The van der Waals surface area contributed by atoms with E-state index in [4.69, 9.17) is 11.6 Å². The zero-order valence-electron chi connectivity index (χ0n) is 12.0. The summed E-state index contributed by atoms with van der Waals surface area (Å²) in [5.41, 5.74) is 0.937. The van der Waals surface area contributed by atoms with Crippen LogP contribution in [0.5, 0.6) is 0 Å². The van der Waals surface area contributed by atoms with Gasteiger partial charge >= 0.3 is 5.97 Å². The third-order valence-electron chi connectivity index (χ3n) is 4.00. The molecule has 116 valence electrons. The Kier molecular flexibility index (Phi) is 4.76. The number of pyridine rings is 1. The highest BCUT2D eigenvalue weighted by Gasteiger charge is 2.32. The zero-order chi connectivity index (χ0) is 15.5. The van der Waals surface area contributed by atoms with Gasteiger partial charge in [-0.1, -0.05) is 17.7 Å². The summed E-state index contributed by atoms with van der Waals surface area (Å²) in [7, 11) is 0. The smallest absolute Gasteiger partial charge is 0.307 e. The van der Waals surface area contributed by atoms with E-state index in [1.165, 1.54) is 11.3 Å². The van der Waals surface area contributed by atoms with E-state index in [2.05, 4.69) is 9.88 Å². The Bertz CT molecular complexity index is 647. The van der Waals surface area contributed by atoms with E-state index in [-0.39, 0.29) is 12.0 Å². The third kappa shape index (κ3) is 3.32. The second-order valence-electron chi connectivity index (χ2n) is 5.47. The quantitative estimate of drug-likeness (QED) is 0.925. The van der Waals surface area contributed by atoms with E-state index in [1.54, 1.807) is 6.20 Å². The Morgan fingerprint density at radius 2 is 2.27 bits per heavy atom. The molecule has 22 heavy (non-hydrogen) atoms. The van der Waals surface area contributed by atoms with Gasteiger partial charge in [-0.3, -0.25) is 14.7 Å². The maximum atomic E-state index is 11.3. The number of thiophene rings is 1. The van der Waals surface area contributed by atoms with Crippen molar-refractivity contribution in [2.24, 2.45) is 5.92 Å². The fourth-order valence-electron chi connectivity index (χ4n) is 2.97. The van der Waals surface area contributed by atoms with Crippen molar-refractivity contribution in [1.82, 2.24) is 9.88 Å². The van der Waals surface area contributed by atoms with Crippen LogP contribution in [0.2, 0.25) is 4.34 Å². The molecule has 1 saturated heterocycles. The molecule has 2 atom stereocenters. The predicted molar refractivity (Wildman–Crippen MR) is 87.3 cm³/mol. The highest BCUT2D eigenvalue weighted by molar-refractivity contribution is 7.16. The fraction of sp³-hybridized carbons (Fsp3) is 0.375. The van der Waals surface area contributed by atoms with Gasteiger partial charge < -0.3 is 5.11 Å². The minimum Gasteiger partial charge on any atom is -0.481 e. The fourth-order valence-corrected chi connectivity index (χ4v) is 4.18. The van der Waals surface area contributed by atoms with E-state index >= 15 is 0 Å². The minimum atomic E-state index is -0.714. The van der Waals surface area contributed by atoms with Gasteiger partial charge in [0, 0.05) is 17.6 Å². The Morgan fingerprint density at radius 3 is 2.91 bits per heavy atom. The van der Waals surface area contributed by atoms with Crippen LogP contribution in [0.4, 0.5) is 0 Å². The number of halogens is 1. The van der Waals surface area contributed by atoms with Gasteiger partial charge in [-0.2, -0.15) is 0 Å². The minimum absolute atomic E-state index is 0.0270. The van der Waals surface area contributed by atoms with Crippen LogP contribution < -0.4 is 0 Å². The molecule has 3 rings (SSSR count). The Hall–Kier alpha value is -1.43. The number of hydrogen-bond donors (Lipinski definition) is 1. The number of piperidine rings is 1. The Balaban J connectivity index is 1.93. The van der Waals surface area contributed by atoms with Crippen LogP contribution in [-0.2, 0) is 4.79 Å². The molecule has 0 aliphatic carbocycles. The molecule has 4 nitrogen and oxygen atoms in total. The molecule has 0 aromatic carbocycles. The van der Waals surface area contributed by atoms with Gasteiger partial charge in [0.25, 0.3) is 0 Å². The van der Waals surface area contributed by atoms with Crippen LogP contribution in [-0.4, -0.2) is 34.0 Å². The molecule has 0 amide bonds. The lowest BCUT2D eigenvalue weighted by molar-refractivity contribution is -0.143. The number of carboxylic acid groups (broad SMARTS) is 1. The van der Waals surface area contributed by atoms with Crippen molar-refractivity contribution in [1.29, 1.82) is 0 Å². The number of carboxylic acids is 1. The zero-order valence-corrected chi connectivity index (χ0v) is 13.6. The van der Waals surface area contributed by atoms with E-state index in [0.717, 1.165) is 34.3 Å². The van der Waals surface area contributed by atoms with Crippen molar-refractivity contribution in [3.63, 3.8) is 0 Å². The normalized spacial score (nSPS) is 20.7. The molecular formula is C16H17ClN2O2S. The summed E-state index contributed by atoms with van der Waals surface area (Å²) >= 11 is 7.63. The first kappa shape index (κ1) is 15.5. The highest BCUT2D eigenvalue weighted by Crippen LogP contribution is 2.36. The van der Waals surface area contributed by atoms with Crippen LogP contribution in [0.3, 0.4) is 0 Å². The van der Waals surface area contributed by atoms with Crippen molar-refractivity contribution in [2.75, 3.05) is 13.1 Å². The van der Waals surface area contributed by atoms with E-state index in [0.29, 0.717) is 6.54 Å². The Morgan fingerprint density at radius 1 is 1.41 bits per heavy atom. The predicted octanol–water partition coefficient (Wildman–Crippen LogP) is 3.68. The number of aromatic nitrogens is 1. The molecule has 2 unspecified atom stereocenters. The summed E-state index contributed by atoms with van der Waals surface area (Å²) in [4.78, 5) is 19.1. The maximum absolute atomic E-state index is 11.3. The lowest BCUT2D eigenvalue weighted by Gasteiger charge is -2.36. The number of rotatable bonds is 4. The molecule has 1 N–H and O–H groups in total. The number of carbonyl (C=O) groups is 1. The molecule has 0 saturated carbocycles. The number of nitrogens with zero attached hydrogens (tertiary/aromatic N) is 2. The largest absolute Gasteiger partial charge is 0.481 e. The van der Waals surface area contributed by atoms with Gasteiger partial charge in [0.05, 0.1) is 22.0 Å². The maximum Gasteiger partial charge on any atom is 0.307 e. The van der Waals surface area contributed by atoms with Gasteiger partial charge in [0.1, 0.15) is 0 Å². The third-order valence-corrected chi connectivity index (χ3v) is 5.28. The van der Waals surface area contributed by atoms with Gasteiger partial charge in [0.2, 0.25) is 0 Å². The van der Waals surface area contributed by atoms with Crippen LogP contribution in [0.25, 0.3) is 0 Å². The summed E-state index contributed by atoms with van der Waals surface area (Å²) in [6, 6.07) is 9.71. The second-order valence-corrected chi connectivity index (χ2v) is 7.22. The molecule has 0 radical (unpaired) electrons. The average Bonchev–Trinajstić information content (AvgIpc) is 2.95. The molecule has 1 aliphatic heterocycles. The summed E-state index contributed by atoms with van der Waals surface area (Å²) in [6.45, 7) is 1.42. The van der Waals surface area contributed by atoms with Gasteiger partial charge in [0.15, 0.2) is 0 Å². The van der Waals surface area contributed by atoms with Crippen LogP contribution in [0.15, 0.2) is 36.5 Å². The van der Waals surface area contributed by atoms with E-state index in [9.17, 15) is 9.90 Å². The van der Waals surface area contributed by atoms with Crippen LogP contribution >= 0.6 is 22.9 Å². The summed E-state index contributed by atoms with van der Waals surface area (Å²) in [6.07, 6.45) is 3.40. The Labute approximate surface area is 138 Å². The summed E-state index contributed by atoms with van der Waals surface area (Å²) in [5, 5.41) is 9.32. The van der Waals surface area contributed by atoms with Crippen molar-refractivity contribution in [2.45, 2.75) is 18.9 Å². The van der Waals surface area contributed by atoms with Gasteiger partial charge in [-0.05, 0) is 43.7 Å². The van der Waals surface area contributed by atoms with Gasteiger partial charge in [-0.25, -0.2) is 0 Å². The van der Waals surface area contributed by atoms with Crippen molar-refractivity contribution in [3.05, 3.63) is 51.4 Å². The summed E-state index contributed by atoms with van der Waals surface area (Å²) in [5.74, 6) is -1.02. The molecule has 1 aliphatic rings. The molecule has 0 spiro atoms. The standard InChI is InChI=1S/C16H17ClN2O2S/c17-14-7-6-13(22-14)15(12-5-1-2-8-18-12)19-9-3-4-11(10-19)16(20)21/h1-2,5-8,11,15H,3-4,9-10H2,(H,20,21). The first-order chi connectivity index (χ1) is 10.6. The van der Waals surface area contributed by atoms with Crippen LogP contribution in [0.1, 0.15) is 29.5 Å². The SMILES string of the molecule is O=C(O)C1CCCN(C(c2ccccn2)c2ccc(Cl)s2)C1. The number of hydrogen-bond acceptors (Lipinski definition) is 4. The molecule has 1 fully saturated rings. The highest BCUT2D eigenvalue weighted by atomic mass is 35.5. The van der Waals surface area contributed by atoms with Crippen molar-refractivity contribution >= 4 is 28.9 Å². The average molecular weight is 337 g/mol. The topological polar surface area (TPSA) is 53.4 Å². The van der Waals surface area contributed by atoms with Crippen molar-refractivity contribution in [3.8, 4) is 0 Å². The molecule has 3 heterocycles. The summed E-state index contributed by atoms with van der Waals surface area (Å²) < 4.78 is 0.739. The van der Waals surface area contributed by atoms with Crippen LogP contribution in [0, 0.1) is 5.92 Å². The molecule has 0 bridgehead atoms. The molecule has 2 aromatic rings. The second kappa shape index (κ2) is 6.77. The monoisotopic (exact) mass is 336 g/mol. The van der Waals surface area contributed by atoms with Crippen molar-refractivity contribution < 1.29 is 9.90 Å². The number of aliphatic carboxylic acids is 1. The first-order valence-corrected chi connectivity index (χ1v) is 8.47. The lowest BCUT2D eigenvalue weighted by Crippen LogP contribution is -2.41. The molecular weight excluding hydrogens is 320 g/mol. The molecule has 2 aromatic heterocycles.